The standard InChI is InChI=1S/C50H90O6/c1-4-7-10-13-16-19-21-22-23-24-25-26-27-28-29-32-34-37-40-43-49(52)55-46-47(45-54-48(51)42-39-36-33-30-18-15-12-9-6-3)56-50(53)44-41-38-35-31-20-17-14-11-8-5-2/h16,19,22-23,25-26,47H,4-15,17-18,20-21,24,27-46H2,1-3H3/b19-16-,23-22-,26-25-. The highest BCUT2D eigenvalue weighted by Crippen LogP contribution is 2.14. The Balaban J connectivity index is 4.29. The summed E-state index contributed by atoms with van der Waals surface area (Å²) >= 11 is 0. The summed E-state index contributed by atoms with van der Waals surface area (Å²) < 4.78 is 16.7. The molecule has 6 heteroatoms. The number of hydrogen-bond donors (Lipinski definition) is 0. The molecule has 0 aliphatic heterocycles. The molecular weight excluding hydrogens is 697 g/mol. The van der Waals surface area contributed by atoms with Crippen LogP contribution in [0.2, 0.25) is 0 Å². The Morgan fingerprint density at radius 3 is 1.04 bits per heavy atom. The molecule has 6 nitrogen and oxygen atoms in total. The van der Waals surface area contributed by atoms with Gasteiger partial charge in [0, 0.05) is 19.3 Å². The van der Waals surface area contributed by atoms with Crippen LogP contribution in [0.15, 0.2) is 36.5 Å². The van der Waals surface area contributed by atoms with Gasteiger partial charge in [0.1, 0.15) is 13.2 Å². The smallest absolute Gasteiger partial charge is 0.306 e. The number of hydrogen-bond acceptors (Lipinski definition) is 6. The summed E-state index contributed by atoms with van der Waals surface area (Å²) in [5, 5.41) is 0. The first-order valence-corrected chi connectivity index (χ1v) is 24.0. The van der Waals surface area contributed by atoms with Crippen LogP contribution in [0.4, 0.5) is 0 Å². The lowest BCUT2D eigenvalue weighted by atomic mass is 10.1. The first-order valence-electron chi connectivity index (χ1n) is 24.0. The Bertz CT molecular complexity index is 953. The maximum absolute atomic E-state index is 12.7. The number of carbonyl (C=O) groups is 3. The third-order valence-electron chi connectivity index (χ3n) is 10.4. The highest BCUT2D eigenvalue weighted by atomic mass is 16.6. The minimum Gasteiger partial charge on any atom is -0.462 e. The lowest BCUT2D eigenvalue weighted by molar-refractivity contribution is -0.167. The van der Waals surface area contributed by atoms with E-state index in [1.54, 1.807) is 0 Å². The van der Waals surface area contributed by atoms with E-state index in [9.17, 15) is 14.4 Å². The number of allylic oxidation sites excluding steroid dienone is 6. The molecule has 0 amide bonds. The van der Waals surface area contributed by atoms with Crippen LogP contribution < -0.4 is 0 Å². The van der Waals surface area contributed by atoms with E-state index in [0.29, 0.717) is 19.3 Å². The van der Waals surface area contributed by atoms with Crippen molar-refractivity contribution in [3.63, 3.8) is 0 Å². The largest absolute Gasteiger partial charge is 0.462 e. The topological polar surface area (TPSA) is 78.9 Å². The molecule has 0 aromatic rings. The van der Waals surface area contributed by atoms with Gasteiger partial charge < -0.3 is 14.2 Å². The summed E-state index contributed by atoms with van der Waals surface area (Å²) in [5.74, 6) is -0.886. The molecule has 1 atom stereocenters. The quantitative estimate of drug-likeness (QED) is 0.0265. The van der Waals surface area contributed by atoms with Gasteiger partial charge in [-0.05, 0) is 57.8 Å². The van der Waals surface area contributed by atoms with Crippen LogP contribution in [0, 0.1) is 0 Å². The average molecular weight is 787 g/mol. The van der Waals surface area contributed by atoms with Crippen LogP contribution in [0.5, 0.6) is 0 Å². The minimum absolute atomic E-state index is 0.0734. The zero-order chi connectivity index (χ0) is 40.8. The summed E-state index contributed by atoms with van der Waals surface area (Å²) in [4.78, 5) is 37.7. The first kappa shape index (κ1) is 53.6. The Kier molecular flexibility index (Phi) is 43.4. The minimum atomic E-state index is -0.769. The predicted octanol–water partition coefficient (Wildman–Crippen LogP) is 15.4. The van der Waals surface area contributed by atoms with Gasteiger partial charge in [-0.15, -0.1) is 0 Å². The molecule has 0 aromatic heterocycles. The van der Waals surface area contributed by atoms with E-state index in [-0.39, 0.29) is 31.1 Å². The maximum atomic E-state index is 12.7. The van der Waals surface area contributed by atoms with Gasteiger partial charge in [-0.25, -0.2) is 0 Å². The molecule has 1 unspecified atom stereocenters. The van der Waals surface area contributed by atoms with E-state index < -0.39 is 6.10 Å². The molecule has 0 aliphatic rings. The summed E-state index contributed by atoms with van der Waals surface area (Å²) in [6, 6.07) is 0. The van der Waals surface area contributed by atoms with Crippen LogP contribution in [0.1, 0.15) is 245 Å². The summed E-state index contributed by atoms with van der Waals surface area (Å²) in [6.07, 6.45) is 51.3. The second kappa shape index (κ2) is 45.3. The molecule has 0 fully saturated rings. The van der Waals surface area contributed by atoms with Crippen molar-refractivity contribution in [2.24, 2.45) is 0 Å². The number of rotatable bonds is 43. The molecule has 326 valence electrons. The summed E-state index contributed by atoms with van der Waals surface area (Å²) in [5.41, 5.74) is 0. The van der Waals surface area contributed by atoms with E-state index in [0.717, 1.165) is 77.0 Å². The van der Waals surface area contributed by atoms with Crippen molar-refractivity contribution in [2.75, 3.05) is 13.2 Å². The van der Waals surface area contributed by atoms with Crippen LogP contribution in [0.3, 0.4) is 0 Å². The van der Waals surface area contributed by atoms with Crippen molar-refractivity contribution in [2.45, 2.75) is 252 Å². The molecule has 0 radical (unpaired) electrons. The summed E-state index contributed by atoms with van der Waals surface area (Å²) in [6.45, 7) is 6.57. The Labute approximate surface area is 346 Å². The van der Waals surface area contributed by atoms with E-state index in [4.69, 9.17) is 14.2 Å². The highest BCUT2D eigenvalue weighted by Gasteiger charge is 2.19. The second-order valence-electron chi connectivity index (χ2n) is 16.0. The van der Waals surface area contributed by atoms with Crippen molar-refractivity contribution < 1.29 is 28.6 Å². The molecule has 0 rings (SSSR count). The van der Waals surface area contributed by atoms with Gasteiger partial charge in [0.15, 0.2) is 6.10 Å². The summed E-state index contributed by atoms with van der Waals surface area (Å²) in [7, 11) is 0. The van der Waals surface area contributed by atoms with E-state index in [2.05, 4.69) is 57.2 Å². The fourth-order valence-electron chi connectivity index (χ4n) is 6.74. The lowest BCUT2D eigenvalue weighted by Gasteiger charge is -2.18. The Morgan fingerprint density at radius 1 is 0.357 bits per heavy atom. The zero-order valence-electron chi connectivity index (χ0n) is 37.2. The number of ether oxygens (including phenoxy) is 3. The zero-order valence-corrected chi connectivity index (χ0v) is 37.2. The van der Waals surface area contributed by atoms with Crippen LogP contribution in [-0.4, -0.2) is 37.2 Å². The highest BCUT2D eigenvalue weighted by molar-refractivity contribution is 5.71. The fourth-order valence-corrected chi connectivity index (χ4v) is 6.74. The van der Waals surface area contributed by atoms with Gasteiger partial charge in [-0.2, -0.15) is 0 Å². The molecule has 0 N–H and O–H groups in total. The van der Waals surface area contributed by atoms with Crippen molar-refractivity contribution in [1.29, 1.82) is 0 Å². The van der Waals surface area contributed by atoms with Gasteiger partial charge >= 0.3 is 17.9 Å². The Hall–Kier alpha value is -2.37. The van der Waals surface area contributed by atoms with Gasteiger partial charge in [-0.1, -0.05) is 205 Å². The van der Waals surface area contributed by atoms with Gasteiger partial charge in [0.05, 0.1) is 0 Å². The van der Waals surface area contributed by atoms with E-state index in [1.165, 1.54) is 128 Å². The van der Waals surface area contributed by atoms with E-state index >= 15 is 0 Å². The number of unbranched alkanes of at least 4 members (excludes halogenated alkanes) is 26. The molecule has 0 bridgehead atoms. The number of esters is 3. The Morgan fingerprint density at radius 2 is 0.643 bits per heavy atom. The maximum Gasteiger partial charge on any atom is 0.306 e. The third-order valence-corrected chi connectivity index (χ3v) is 10.4. The van der Waals surface area contributed by atoms with Crippen LogP contribution in [-0.2, 0) is 28.6 Å². The molecule has 0 saturated carbocycles. The second-order valence-corrected chi connectivity index (χ2v) is 16.0. The molecule has 0 saturated heterocycles. The predicted molar refractivity (Wildman–Crippen MR) is 238 cm³/mol. The van der Waals surface area contributed by atoms with E-state index in [1.807, 2.05) is 0 Å². The normalized spacial score (nSPS) is 12.3. The average Bonchev–Trinajstić information content (AvgIpc) is 3.19. The molecule has 0 aliphatic carbocycles. The molecular formula is C50H90O6. The molecule has 0 aromatic carbocycles. The lowest BCUT2D eigenvalue weighted by Crippen LogP contribution is -2.30. The first-order chi connectivity index (χ1) is 27.5. The van der Waals surface area contributed by atoms with Gasteiger partial charge in [0.25, 0.3) is 0 Å². The SMILES string of the molecule is CCCCC/C=C\C/C=C\C/C=C\CCCCCCCCC(=O)OCC(COC(=O)CCCCCCCCCCC)OC(=O)CCCCCCCCCCCC. The molecule has 56 heavy (non-hydrogen) atoms. The van der Waals surface area contributed by atoms with Crippen molar-refractivity contribution in [3.8, 4) is 0 Å². The van der Waals surface area contributed by atoms with Crippen molar-refractivity contribution in [3.05, 3.63) is 36.5 Å². The fraction of sp³-hybridized carbons (Fsp3) is 0.820. The molecule has 0 heterocycles. The van der Waals surface area contributed by atoms with Crippen molar-refractivity contribution in [1.82, 2.24) is 0 Å². The van der Waals surface area contributed by atoms with Crippen molar-refractivity contribution >= 4 is 17.9 Å². The van der Waals surface area contributed by atoms with Crippen LogP contribution in [0.25, 0.3) is 0 Å². The third kappa shape index (κ3) is 42.8. The molecule has 0 spiro atoms. The monoisotopic (exact) mass is 787 g/mol. The van der Waals surface area contributed by atoms with Gasteiger partial charge in [-0.3, -0.25) is 14.4 Å². The van der Waals surface area contributed by atoms with Gasteiger partial charge in [0.2, 0.25) is 0 Å². The number of carbonyl (C=O) groups excluding carboxylic acids is 3. The van der Waals surface area contributed by atoms with Crippen LogP contribution >= 0.6 is 0 Å².